The van der Waals surface area contributed by atoms with Gasteiger partial charge in [0.15, 0.2) is 0 Å². The molecule has 1 aliphatic heterocycles. The number of carbonyl (C=O) groups is 2. The first kappa shape index (κ1) is 19.4. The molecule has 0 spiro atoms. The second kappa shape index (κ2) is 7.73. The summed E-state index contributed by atoms with van der Waals surface area (Å²) >= 11 is 1.46. The van der Waals surface area contributed by atoms with Crippen LogP contribution in [0.15, 0.2) is 47.4 Å². The molecule has 0 N–H and O–H groups in total. The highest BCUT2D eigenvalue weighted by molar-refractivity contribution is 8.04. The van der Waals surface area contributed by atoms with Gasteiger partial charge in [-0.1, -0.05) is 56.7 Å². The summed E-state index contributed by atoms with van der Waals surface area (Å²) in [4.78, 5) is 28.4. The molecule has 140 valence electrons. The fourth-order valence-corrected chi connectivity index (χ4v) is 4.28. The Morgan fingerprint density at radius 1 is 0.963 bits per heavy atom. The molecular formula is C23H25NO2S. The molecule has 0 bridgehead atoms. The third kappa shape index (κ3) is 3.72. The number of hydrogen-bond acceptors (Lipinski definition) is 3. The first-order valence-corrected chi connectivity index (χ1v) is 10.2. The number of rotatable bonds is 5. The van der Waals surface area contributed by atoms with Crippen molar-refractivity contribution in [2.75, 3.05) is 4.90 Å². The van der Waals surface area contributed by atoms with Gasteiger partial charge in [-0.05, 0) is 49.1 Å². The average molecular weight is 380 g/mol. The van der Waals surface area contributed by atoms with Crippen molar-refractivity contribution in [1.29, 1.82) is 0 Å². The number of aryl methyl sites for hydroxylation is 3. The fourth-order valence-electron chi connectivity index (χ4n) is 3.30. The Morgan fingerprint density at radius 2 is 1.63 bits per heavy atom. The van der Waals surface area contributed by atoms with Crippen LogP contribution in [0.4, 0.5) is 5.69 Å². The Labute approximate surface area is 165 Å². The van der Waals surface area contributed by atoms with Gasteiger partial charge in [-0.25, -0.2) is 4.90 Å². The van der Waals surface area contributed by atoms with E-state index in [1.807, 2.05) is 64.1 Å². The lowest BCUT2D eigenvalue weighted by atomic mass is 9.98. The van der Waals surface area contributed by atoms with E-state index in [1.165, 1.54) is 22.2 Å². The second-order valence-corrected chi connectivity index (χ2v) is 8.74. The minimum atomic E-state index is -0.237. The Morgan fingerprint density at radius 3 is 2.19 bits per heavy atom. The van der Waals surface area contributed by atoms with E-state index in [0.717, 1.165) is 23.1 Å². The van der Waals surface area contributed by atoms with Crippen LogP contribution in [-0.2, 0) is 16.0 Å². The quantitative estimate of drug-likeness (QED) is 0.662. The highest BCUT2D eigenvalue weighted by Gasteiger charge is 2.40. The summed E-state index contributed by atoms with van der Waals surface area (Å²) in [7, 11) is 0. The van der Waals surface area contributed by atoms with Crippen molar-refractivity contribution in [1.82, 2.24) is 0 Å². The Kier molecular flexibility index (Phi) is 5.56. The van der Waals surface area contributed by atoms with Crippen LogP contribution in [-0.4, -0.2) is 17.1 Å². The Hall–Kier alpha value is -2.33. The maximum absolute atomic E-state index is 13.3. The van der Waals surface area contributed by atoms with Crippen LogP contribution in [0, 0.1) is 13.8 Å². The van der Waals surface area contributed by atoms with Crippen molar-refractivity contribution in [2.45, 2.75) is 46.3 Å². The van der Waals surface area contributed by atoms with Crippen molar-refractivity contribution < 1.29 is 9.59 Å². The molecule has 3 rings (SSSR count). The SMILES string of the molecule is CCc1ccc(N2C(=O)C(SC(C)C)=C(c3ccc(C)cc3C)C2=O)cc1. The summed E-state index contributed by atoms with van der Waals surface area (Å²) < 4.78 is 0. The van der Waals surface area contributed by atoms with Gasteiger partial charge in [0.1, 0.15) is 0 Å². The monoisotopic (exact) mass is 379 g/mol. The van der Waals surface area contributed by atoms with E-state index >= 15 is 0 Å². The molecule has 4 heteroatoms. The van der Waals surface area contributed by atoms with Crippen molar-refractivity contribution in [3.05, 3.63) is 69.6 Å². The van der Waals surface area contributed by atoms with E-state index in [9.17, 15) is 9.59 Å². The van der Waals surface area contributed by atoms with Gasteiger partial charge in [-0.15, -0.1) is 11.8 Å². The normalized spacial score (nSPS) is 14.7. The lowest BCUT2D eigenvalue weighted by molar-refractivity contribution is -0.119. The number of benzene rings is 2. The third-order valence-corrected chi connectivity index (χ3v) is 5.73. The Bertz CT molecular complexity index is 926. The van der Waals surface area contributed by atoms with Gasteiger partial charge in [0.05, 0.1) is 16.2 Å². The summed E-state index contributed by atoms with van der Waals surface area (Å²) in [6.07, 6.45) is 0.919. The zero-order valence-electron chi connectivity index (χ0n) is 16.5. The van der Waals surface area contributed by atoms with E-state index < -0.39 is 0 Å². The van der Waals surface area contributed by atoms with E-state index in [1.54, 1.807) is 0 Å². The number of thioether (sulfide) groups is 1. The van der Waals surface area contributed by atoms with Crippen molar-refractivity contribution in [3.8, 4) is 0 Å². The molecule has 1 heterocycles. The molecule has 2 aromatic carbocycles. The molecule has 2 amide bonds. The van der Waals surface area contributed by atoms with Gasteiger partial charge in [0.25, 0.3) is 11.8 Å². The minimum Gasteiger partial charge on any atom is -0.268 e. The van der Waals surface area contributed by atoms with Gasteiger partial charge < -0.3 is 0 Å². The Balaban J connectivity index is 2.11. The van der Waals surface area contributed by atoms with Gasteiger partial charge in [0, 0.05) is 5.25 Å². The number of anilines is 1. The first-order valence-electron chi connectivity index (χ1n) is 9.29. The van der Waals surface area contributed by atoms with Crippen LogP contribution in [0.5, 0.6) is 0 Å². The molecular weight excluding hydrogens is 354 g/mol. The zero-order chi connectivity index (χ0) is 19.7. The molecule has 0 aromatic heterocycles. The smallest absolute Gasteiger partial charge is 0.268 e. The maximum atomic E-state index is 13.3. The highest BCUT2D eigenvalue weighted by atomic mass is 32.2. The molecule has 0 atom stereocenters. The molecule has 2 aromatic rings. The van der Waals surface area contributed by atoms with Crippen LogP contribution in [0.3, 0.4) is 0 Å². The minimum absolute atomic E-state index is 0.208. The number of hydrogen-bond donors (Lipinski definition) is 0. The number of nitrogens with zero attached hydrogens (tertiary/aromatic N) is 1. The summed E-state index contributed by atoms with van der Waals surface area (Å²) in [6.45, 7) is 10.2. The average Bonchev–Trinajstić information content (AvgIpc) is 2.85. The van der Waals surface area contributed by atoms with E-state index in [4.69, 9.17) is 0 Å². The van der Waals surface area contributed by atoms with Crippen LogP contribution in [0.2, 0.25) is 0 Å². The molecule has 0 fully saturated rings. The van der Waals surface area contributed by atoms with Crippen LogP contribution in [0.25, 0.3) is 5.57 Å². The fraction of sp³-hybridized carbons (Fsp3) is 0.304. The van der Waals surface area contributed by atoms with Crippen molar-refractivity contribution >= 4 is 34.8 Å². The van der Waals surface area contributed by atoms with Crippen LogP contribution >= 0.6 is 11.8 Å². The molecule has 27 heavy (non-hydrogen) atoms. The predicted octanol–water partition coefficient (Wildman–Crippen LogP) is 5.29. The number of imide groups is 1. The van der Waals surface area contributed by atoms with Crippen LogP contribution in [0.1, 0.15) is 43.0 Å². The van der Waals surface area contributed by atoms with Gasteiger partial charge in [-0.2, -0.15) is 0 Å². The summed E-state index contributed by atoms with van der Waals surface area (Å²) in [5, 5.41) is 0.208. The molecule has 0 aliphatic carbocycles. The molecule has 3 nitrogen and oxygen atoms in total. The standard InChI is InChI=1S/C23H25NO2S/c1-6-17-8-10-18(11-9-17)24-22(25)20(21(23(24)26)27-14(2)3)19-12-7-15(4)13-16(19)5/h7-14H,6H2,1-5H3. The van der Waals surface area contributed by atoms with Crippen molar-refractivity contribution in [3.63, 3.8) is 0 Å². The first-order chi connectivity index (χ1) is 12.8. The second-order valence-electron chi connectivity index (χ2n) is 7.15. The van der Waals surface area contributed by atoms with E-state index in [-0.39, 0.29) is 17.1 Å². The topological polar surface area (TPSA) is 37.4 Å². The van der Waals surface area contributed by atoms with Crippen LogP contribution < -0.4 is 4.90 Å². The van der Waals surface area contributed by atoms with E-state index in [0.29, 0.717) is 16.2 Å². The number of amides is 2. The zero-order valence-corrected chi connectivity index (χ0v) is 17.3. The maximum Gasteiger partial charge on any atom is 0.272 e. The molecule has 1 aliphatic rings. The molecule has 0 unspecified atom stereocenters. The highest BCUT2D eigenvalue weighted by Crippen LogP contribution is 2.40. The summed E-state index contributed by atoms with van der Waals surface area (Å²) in [5.41, 5.74) is 5.32. The third-order valence-electron chi connectivity index (χ3n) is 4.65. The lowest BCUT2D eigenvalue weighted by Crippen LogP contribution is -2.31. The molecule has 0 saturated heterocycles. The largest absolute Gasteiger partial charge is 0.272 e. The summed E-state index contributed by atoms with van der Waals surface area (Å²) in [6, 6.07) is 13.7. The number of carbonyl (C=O) groups excluding carboxylic acids is 2. The van der Waals surface area contributed by atoms with E-state index in [2.05, 4.69) is 13.0 Å². The lowest BCUT2D eigenvalue weighted by Gasteiger charge is -2.16. The van der Waals surface area contributed by atoms with Gasteiger partial charge in [0.2, 0.25) is 0 Å². The van der Waals surface area contributed by atoms with Gasteiger partial charge >= 0.3 is 0 Å². The molecule has 0 radical (unpaired) electrons. The summed E-state index contributed by atoms with van der Waals surface area (Å²) in [5.74, 6) is -0.461. The van der Waals surface area contributed by atoms with Gasteiger partial charge in [-0.3, -0.25) is 9.59 Å². The molecule has 0 saturated carbocycles. The predicted molar refractivity (Wildman–Crippen MR) is 114 cm³/mol. The van der Waals surface area contributed by atoms with Crippen molar-refractivity contribution in [2.24, 2.45) is 0 Å².